The van der Waals surface area contributed by atoms with Gasteiger partial charge in [0.1, 0.15) is 6.33 Å². The van der Waals surface area contributed by atoms with Crippen LogP contribution in [-0.4, -0.2) is 15.0 Å². The second kappa shape index (κ2) is 2.42. The maximum absolute atomic E-state index is 4.30. The molecule has 0 aliphatic heterocycles. The largest absolute Gasteiger partial charge is 0.367 e. The first-order chi connectivity index (χ1) is 6.45. The third-order valence-corrected chi connectivity index (χ3v) is 2.54. The van der Waals surface area contributed by atoms with Crippen LogP contribution in [-0.2, 0) is 12.8 Å². The first-order valence-electron chi connectivity index (χ1n) is 4.40. The fourth-order valence-electron chi connectivity index (χ4n) is 1.88. The van der Waals surface area contributed by atoms with E-state index >= 15 is 0 Å². The smallest absolute Gasteiger partial charge is 0.116 e. The highest BCUT2D eigenvalue weighted by Crippen LogP contribution is 2.30. The van der Waals surface area contributed by atoms with Gasteiger partial charge >= 0.3 is 0 Å². The van der Waals surface area contributed by atoms with Crippen LogP contribution in [0.4, 0.5) is 0 Å². The van der Waals surface area contributed by atoms with Crippen LogP contribution in [0.1, 0.15) is 11.1 Å². The summed E-state index contributed by atoms with van der Waals surface area (Å²) in [4.78, 5) is 11.5. The first-order valence-corrected chi connectivity index (χ1v) is 4.40. The average molecular weight is 171 g/mol. The summed E-state index contributed by atoms with van der Waals surface area (Å²) in [5.41, 5.74) is 4.96. The van der Waals surface area contributed by atoms with E-state index in [1.165, 1.54) is 16.7 Å². The molecule has 0 saturated carbocycles. The minimum atomic E-state index is 1.06. The van der Waals surface area contributed by atoms with Crippen LogP contribution in [0.2, 0.25) is 0 Å². The second-order valence-electron chi connectivity index (χ2n) is 3.29. The lowest BCUT2D eigenvalue weighted by Crippen LogP contribution is -2.03. The van der Waals surface area contributed by atoms with Crippen LogP contribution in [0.3, 0.4) is 0 Å². The van der Waals surface area contributed by atoms with E-state index in [4.69, 9.17) is 0 Å². The van der Waals surface area contributed by atoms with Crippen molar-refractivity contribution in [2.45, 2.75) is 12.8 Å². The molecule has 2 aromatic rings. The number of nitrogens with zero attached hydrogens (tertiary/aromatic N) is 2. The van der Waals surface area contributed by atoms with Crippen LogP contribution in [0, 0.1) is 0 Å². The predicted octanol–water partition coefficient (Wildman–Crippen LogP) is 1.57. The standard InChI is InChI=1S/C10H9N3/c1-2-8-4-12-6-13-10(8)9-5-11-3-7(1)9/h3-6,11H,1-2H2. The molecule has 0 fully saturated rings. The highest BCUT2D eigenvalue weighted by atomic mass is 14.8. The van der Waals surface area contributed by atoms with Crippen molar-refractivity contribution in [3.05, 3.63) is 36.0 Å². The molecule has 3 heteroatoms. The third kappa shape index (κ3) is 0.900. The van der Waals surface area contributed by atoms with Gasteiger partial charge in [0.05, 0.1) is 5.69 Å². The molecule has 0 spiro atoms. The Balaban J connectivity index is 2.30. The van der Waals surface area contributed by atoms with Crippen molar-refractivity contribution < 1.29 is 0 Å². The number of fused-ring (bicyclic) bond motifs is 3. The Kier molecular flexibility index (Phi) is 1.27. The van der Waals surface area contributed by atoms with Crippen molar-refractivity contribution >= 4 is 0 Å². The number of hydrogen-bond donors (Lipinski definition) is 1. The number of H-pyrrole nitrogens is 1. The van der Waals surface area contributed by atoms with Crippen LogP contribution >= 0.6 is 0 Å². The Labute approximate surface area is 75.9 Å². The van der Waals surface area contributed by atoms with Crippen LogP contribution in [0.15, 0.2) is 24.9 Å². The van der Waals surface area contributed by atoms with Crippen molar-refractivity contribution in [2.24, 2.45) is 0 Å². The van der Waals surface area contributed by atoms with Crippen LogP contribution < -0.4 is 0 Å². The molecule has 1 aliphatic carbocycles. The molecule has 0 atom stereocenters. The molecule has 2 heterocycles. The average Bonchev–Trinajstić information content (AvgIpc) is 2.65. The zero-order valence-electron chi connectivity index (χ0n) is 7.12. The van der Waals surface area contributed by atoms with E-state index in [1.807, 2.05) is 12.4 Å². The third-order valence-electron chi connectivity index (χ3n) is 2.54. The second-order valence-corrected chi connectivity index (χ2v) is 3.29. The molecule has 1 N–H and O–H groups in total. The Bertz CT molecular complexity index is 445. The van der Waals surface area contributed by atoms with Crippen molar-refractivity contribution in [2.75, 3.05) is 0 Å². The molecule has 0 bridgehead atoms. The summed E-state index contributed by atoms with van der Waals surface area (Å²) in [6.45, 7) is 0. The van der Waals surface area contributed by atoms with Gasteiger partial charge in [-0.3, -0.25) is 0 Å². The van der Waals surface area contributed by atoms with Gasteiger partial charge in [-0.05, 0) is 24.0 Å². The zero-order chi connectivity index (χ0) is 8.67. The quantitative estimate of drug-likeness (QED) is 0.653. The molecule has 0 unspecified atom stereocenters. The summed E-state index contributed by atoms with van der Waals surface area (Å²) in [7, 11) is 0. The van der Waals surface area contributed by atoms with Gasteiger partial charge in [-0.25, -0.2) is 9.97 Å². The Morgan fingerprint density at radius 3 is 3.08 bits per heavy atom. The van der Waals surface area contributed by atoms with E-state index in [1.54, 1.807) is 6.33 Å². The van der Waals surface area contributed by atoms with Gasteiger partial charge in [0.15, 0.2) is 0 Å². The lowest BCUT2D eigenvalue weighted by molar-refractivity contribution is 0.914. The summed E-state index contributed by atoms with van der Waals surface area (Å²) >= 11 is 0. The Hall–Kier alpha value is -1.64. The summed E-state index contributed by atoms with van der Waals surface area (Å²) in [6, 6.07) is 0. The summed E-state index contributed by atoms with van der Waals surface area (Å²) in [5, 5.41) is 0. The van der Waals surface area contributed by atoms with Gasteiger partial charge in [-0.15, -0.1) is 0 Å². The number of aromatic nitrogens is 3. The van der Waals surface area contributed by atoms with Crippen LogP contribution in [0.25, 0.3) is 11.3 Å². The van der Waals surface area contributed by atoms with E-state index in [-0.39, 0.29) is 0 Å². The monoisotopic (exact) mass is 171 g/mol. The van der Waals surface area contributed by atoms with E-state index < -0.39 is 0 Å². The Morgan fingerprint density at radius 1 is 1.15 bits per heavy atom. The lowest BCUT2D eigenvalue weighted by Gasteiger charge is -2.13. The van der Waals surface area contributed by atoms with Crippen molar-refractivity contribution in [3.63, 3.8) is 0 Å². The van der Waals surface area contributed by atoms with Gasteiger partial charge in [0.25, 0.3) is 0 Å². The maximum Gasteiger partial charge on any atom is 0.116 e. The maximum atomic E-state index is 4.30. The highest BCUT2D eigenvalue weighted by molar-refractivity contribution is 5.68. The van der Waals surface area contributed by atoms with Gasteiger partial charge in [-0.2, -0.15) is 0 Å². The van der Waals surface area contributed by atoms with Gasteiger partial charge < -0.3 is 4.98 Å². The Morgan fingerprint density at radius 2 is 2.08 bits per heavy atom. The van der Waals surface area contributed by atoms with E-state index in [0.717, 1.165) is 18.5 Å². The van der Waals surface area contributed by atoms with E-state index in [2.05, 4.69) is 21.1 Å². The van der Waals surface area contributed by atoms with Crippen molar-refractivity contribution in [1.29, 1.82) is 0 Å². The van der Waals surface area contributed by atoms with E-state index in [9.17, 15) is 0 Å². The van der Waals surface area contributed by atoms with Gasteiger partial charge in [0.2, 0.25) is 0 Å². The number of aryl methyl sites for hydroxylation is 2. The predicted molar refractivity (Wildman–Crippen MR) is 49.2 cm³/mol. The molecule has 2 aromatic heterocycles. The number of rotatable bonds is 0. The highest BCUT2D eigenvalue weighted by Gasteiger charge is 2.17. The molecule has 3 nitrogen and oxygen atoms in total. The molecule has 0 aromatic carbocycles. The molecule has 3 rings (SSSR count). The van der Waals surface area contributed by atoms with Crippen molar-refractivity contribution in [1.82, 2.24) is 15.0 Å². The fraction of sp³-hybridized carbons (Fsp3) is 0.200. The molecule has 1 aliphatic rings. The van der Waals surface area contributed by atoms with E-state index in [0.29, 0.717) is 0 Å². The number of nitrogens with one attached hydrogen (secondary N) is 1. The first kappa shape index (κ1) is 6.83. The molecular formula is C10H9N3. The van der Waals surface area contributed by atoms with Gasteiger partial charge in [-0.1, -0.05) is 0 Å². The minimum Gasteiger partial charge on any atom is -0.367 e. The molecule has 0 saturated heterocycles. The molecule has 0 amide bonds. The topological polar surface area (TPSA) is 41.6 Å². The summed E-state index contributed by atoms with van der Waals surface area (Å²) in [6.07, 6.45) is 9.75. The lowest BCUT2D eigenvalue weighted by atomic mass is 9.93. The zero-order valence-corrected chi connectivity index (χ0v) is 7.12. The number of aromatic amines is 1. The summed E-state index contributed by atoms with van der Waals surface area (Å²) in [5.74, 6) is 0. The molecule has 64 valence electrons. The summed E-state index contributed by atoms with van der Waals surface area (Å²) < 4.78 is 0. The molecule has 13 heavy (non-hydrogen) atoms. The SMILES string of the molecule is c1ncc2c(n1)-c1c[nH]cc1CC2. The normalized spacial score (nSPS) is 13.5. The number of hydrogen-bond acceptors (Lipinski definition) is 2. The fourth-order valence-corrected chi connectivity index (χ4v) is 1.88. The minimum absolute atomic E-state index is 1.06. The molecule has 0 radical (unpaired) electrons. The van der Waals surface area contributed by atoms with Crippen molar-refractivity contribution in [3.8, 4) is 11.3 Å². The van der Waals surface area contributed by atoms with Gasteiger partial charge in [0, 0.05) is 24.2 Å². The van der Waals surface area contributed by atoms with Crippen LogP contribution in [0.5, 0.6) is 0 Å². The molecular weight excluding hydrogens is 162 g/mol.